The van der Waals surface area contributed by atoms with Gasteiger partial charge in [-0.15, -0.1) is 0 Å². The lowest BCUT2D eigenvalue weighted by Gasteiger charge is -2.11. The Hall–Kier alpha value is -3.88. The van der Waals surface area contributed by atoms with Crippen molar-refractivity contribution in [1.29, 1.82) is 0 Å². The molecule has 4 aromatic rings. The topological polar surface area (TPSA) is 103 Å². The number of carbonyl (C=O) groups excluding carboxylic acids is 1. The summed E-state index contributed by atoms with van der Waals surface area (Å²) in [4.78, 5) is 33.6. The molecule has 0 radical (unpaired) electrons. The number of nitrogens with one attached hydrogen (secondary N) is 1. The Morgan fingerprint density at radius 3 is 2.77 bits per heavy atom. The van der Waals surface area contributed by atoms with Crippen LogP contribution in [-0.4, -0.2) is 25.6 Å². The zero-order valence-corrected chi connectivity index (χ0v) is 17.0. The number of rotatable bonds is 6. The number of benzene rings is 2. The number of nitrogens with zero attached hydrogens (tertiary/aromatic N) is 4. The second-order valence-electron chi connectivity index (χ2n) is 7.22. The molecule has 2 aromatic carbocycles. The average Bonchev–Trinajstić information content (AvgIpc) is 3.25. The normalized spacial score (nSPS) is 12.1. The molecule has 0 spiro atoms. The zero-order chi connectivity index (χ0) is 22.0. The minimum atomic E-state index is -0.525. The van der Waals surface area contributed by atoms with E-state index in [4.69, 9.17) is 4.52 Å². The highest BCUT2D eigenvalue weighted by molar-refractivity contribution is 5.80. The summed E-state index contributed by atoms with van der Waals surface area (Å²) >= 11 is 0. The van der Waals surface area contributed by atoms with Gasteiger partial charge in [-0.05, 0) is 49.7 Å². The summed E-state index contributed by atoms with van der Waals surface area (Å²) in [6.07, 6.45) is 1.55. The number of hydrogen-bond donors (Lipinski definition) is 1. The molecular formula is C22H20FN5O3. The van der Waals surface area contributed by atoms with Gasteiger partial charge in [0.25, 0.3) is 5.56 Å². The molecule has 9 heteroatoms. The predicted octanol–water partition coefficient (Wildman–Crippen LogP) is 3.16. The Balaban J connectivity index is 1.39. The lowest BCUT2D eigenvalue weighted by Crippen LogP contribution is -2.29. The lowest BCUT2D eigenvalue weighted by molar-refractivity contribution is -0.122. The van der Waals surface area contributed by atoms with Crippen molar-refractivity contribution in [1.82, 2.24) is 25.0 Å². The molecule has 1 N–H and O–H groups in total. The maximum atomic E-state index is 13.1. The second kappa shape index (κ2) is 8.47. The summed E-state index contributed by atoms with van der Waals surface area (Å²) in [6.45, 7) is 3.80. The molecule has 31 heavy (non-hydrogen) atoms. The van der Waals surface area contributed by atoms with Crippen LogP contribution in [0.1, 0.15) is 30.8 Å². The van der Waals surface area contributed by atoms with Crippen molar-refractivity contribution in [2.45, 2.75) is 32.9 Å². The van der Waals surface area contributed by atoms with Crippen molar-refractivity contribution in [3.63, 3.8) is 0 Å². The van der Waals surface area contributed by atoms with E-state index >= 15 is 0 Å². The van der Waals surface area contributed by atoms with E-state index in [1.165, 1.54) is 23.0 Å². The quantitative estimate of drug-likeness (QED) is 0.513. The van der Waals surface area contributed by atoms with Crippen LogP contribution in [0, 0.1) is 12.7 Å². The molecule has 2 heterocycles. The highest BCUT2D eigenvalue weighted by Crippen LogP contribution is 2.19. The van der Waals surface area contributed by atoms with Gasteiger partial charge < -0.3 is 9.84 Å². The number of fused-ring (bicyclic) bond motifs is 1. The maximum absolute atomic E-state index is 13.1. The largest absolute Gasteiger partial charge is 0.345 e. The van der Waals surface area contributed by atoms with Crippen LogP contribution in [0.5, 0.6) is 0 Å². The highest BCUT2D eigenvalue weighted by Gasteiger charge is 2.18. The van der Waals surface area contributed by atoms with Gasteiger partial charge in [0.05, 0.1) is 17.2 Å². The van der Waals surface area contributed by atoms with Crippen molar-refractivity contribution >= 4 is 16.8 Å². The Morgan fingerprint density at radius 2 is 2.00 bits per heavy atom. The van der Waals surface area contributed by atoms with Gasteiger partial charge in [0.1, 0.15) is 11.9 Å². The first kappa shape index (κ1) is 20.4. The molecule has 158 valence electrons. The standard InChI is InChI=1S/C22H20FN5O3/c1-13-4-3-5-17-19(13)24-12-28(22(17)30)11-10-18(29)25-14(2)21-26-20(27-31-21)15-6-8-16(23)9-7-15/h3-9,12,14H,10-11H2,1-2H3,(H,25,29)/t14-/m0/s1. The lowest BCUT2D eigenvalue weighted by atomic mass is 10.1. The first-order valence-electron chi connectivity index (χ1n) is 9.76. The van der Waals surface area contributed by atoms with E-state index < -0.39 is 6.04 Å². The molecule has 0 unspecified atom stereocenters. The Bertz CT molecular complexity index is 1300. The number of para-hydroxylation sites is 1. The van der Waals surface area contributed by atoms with Crippen molar-refractivity contribution in [2.24, 2.45) is 0 Å². The van der Waals surface area contributed by atoms with Crippen LogP contribution in [0.4, 0.5) is 4.39 Å². The van der Waals surface area contributed by atoms with E-state index in [9.17, 15) is 14.0 Å². The first-order valence-corrected chi connectivity index (χ1v) is 9.76. The van der Waals surface area contributed by atoms with Crippen LogP contribution in [-0.2, 0) is 11.3 Å². The molecule has 8 nitrogen and oxygen atoms in total. The molecule has 0 fully saturated rings. The Kier molecular flexibility index (Phi) is 5.57. The van der Waals surface area contributed by atoms with E-state index in [2.05, 4.69) is 20.4 Å². The smallest absolute Gasteiger partial charge is 0.261 e. The molecule has 4 rings (SSSR count). The molecule has 0 aliphatic carbocycles. The van der Waals surface area contributed by atoms with E-state index in [1.54, 1.807) is 25.1 Å². The Labute approximate surface area is 176 Å². The van der Waals surface area contributed by atoms with Crippen LogP contribution in [0.3, 0.4) is 0 Å². The fourth-order valence-electron chi connectivity index (χ4n) is 3.22. The number of carbonyl (C=O) groups is 1. The van der Waals surface area contributed by atoms with Crippen LogP contribution in [0.15, 0.2) is 58.1 Å². The van der Waals surface area contributed by atoms with Gasteiger partial charge in [-0.2, -0.15) is 4.98 Å². The third kappa shape index (κ3) is 4.35. The SMILES string of the molecule is Cc1cccc2c(=O)n(CCC(=O)N[C@@H](C)c3nc(-c4ccc(F)cc4)no3)cnc12. The summed E-state index contributed by atoms with van der Waals surface area (Å²) in [7, 11) is 0. The van der Waals surface area contributed by atoms with E-state index in [0.29, 0.717) is 22.3 Å². The van der Waals surface area contributed by atoms with E-state index in [1.807, 2.05) is 19.1 Å². The summed E-state index contributed by atoms with van der Waals surface area (Å²) in [6, 6.07) is 10.6. The van der Waals surface area contributed by atoms with Crippen LogP contribution >= 0.6 is 0 Å². The molecule has 1 amide bonds. The summed E-state index contributed by atoms with van der Waals surface area (Å²) in [5.41, 5.74) is 2.01. The van der Waals surface area contributed by atoms with Crippen molar-refractivity contribution in [3.8, 4) is 11.4 Å². The van der Waals surface area contributed by atoms with E-state index in [0.717, 1.165) is 5.56 Å². The fraction of sp³-hybridized carbons (Fsp3) is 0.227. The number of aromatic nitrogens is 4. The summed E-state index contributed by atoms with van der Waals surface area (Å²) in [5, 5.41) is 7.17. The van der Waals surface area contributed by atoms with Crippen LogP contribution in [0.2, 0.25) is 0 Å². The minimum absolute atomic E-state index is 0.0855. The first-order chi connectivity index (χ1) is 14.9. The van der Waals surface area contributed by atoms with Crippen LogP contribution < -0.4 is 10.9 Å². The molecule has 1 atom stereocenters. The van der Waals surface area contributed by atoms with Gasteiger partial charge in [0.15, 0.2) is 0 Å². The fourth-order valence-corrected chi connectivity index (χ4v) is 3.22. The molecule has 0 aliphatic heterocycles. The summed E-state index contributed by atoms with van der Waals surface area (Å²) in [5.74, 6) is -0.0953. The molecule has 0 bridgehead atoms. The van der Waals surface area contributed by atoms with Crippen molar-refractivity contribution in [2.75, 3.05) is 0 Å². The van der Waals surface area contributed by atoms with E-state index in [-0.39, 0.29) is 36.1 Å². The van der Waals surface area contributed by atoms with Gasteiger partial charge in [0, 0.05) is 18.5 Å². The third-order valence-corrected chi connectivity index (χ3v) is 4.93. The number of aryl methyl sites for hydroxylation is 2. The zero-order valence-electron chi connectivity index (χ0n) is 17.0. The van der Waals surface area contributed by atoms with Gasteiger partial charge >= 0.3 is 0 Å². The van der Waals surface area contributed by atoms with Gasteiger partial charge in [0.2, 0.25) is 17.6 Å². The number of halogens is 1. The monoisotopic (exact) mass is 421 g/mol. The summed E-state index contributed by atoms with van der Waals surface area (Å²) < 4.78 is 19.7. The van der Waals surface area contributed by atoms with Crippen LogP contribution in [0.25, 0.3) is 22.3 Å². The number of amides is 1. The molecule has 0 saturated carbocycles. The predicted molar refractivity (Wildman–Crippen MR) is 112 cm³/mol. The number of hydrogen-bond acceptors (Lipinski definition) is 6. The van der Waals surface area contributed by atoms with Crippen molar-refractivity contribution in [3.05, 3.63) is 76.4 Å². The van der Waals surface area contributed by atoms with Gasteiger partial charge in [-0.1, -0.05) is 17.3 Å². The third-order valence-electron chi connectivity index (χ3n) is 4.93. The molecule has 2 aromatic heterocycles. The highest BCUT2D eigenvalue weighted by atomic mass is 19.1. The van der Waals surface area contributed by atoms with Gasteiger partial charge in [-0.3, -0.25) is 14.2 Å². The van der Waals surface area contributed by atoms with Gasteiger partial charge in [-0.25, -0.2) is 9.37 Å². The average molecular weight is 421 g/mol. The second-order valence-corrected chi connectivity index (χ2v) is 7.22. The molecule has 0 aliphatic rings. The Morgan fingerprint density at radius 1 is 1.23 bits per heavy atom. The molecule has 0 saturated heterocycles. The minimum Gasteiger partial charge on any atom is -0.345 e. The molecular weight excluding hydrogens is 401 g/mol. The maximum Gasteiger partial charge on any atom is 0.261 e. The van der Waals surface area contributed by atoms with Crippen molar-refractivity contribution < 1.29 is 13.7 Å².